The summed E-state index contributed by atoms with van der Waals surface area (Å²) in [6.07, 6.45) is -0.152. The Bertz CT molecular complexity index is 843. The van der Waals surface area contributed by atoms with Crippen molar-refractivity contribution in [3.05, 3.63) is 60.2 Å². The highest BCUT2D eigenvalue weighted by Gasteiger charge is 2.32. The van der Waals surface area contributed by atoms with Crippen molar-refractivity contribution in [2.45, 2.75) is 11.7 Å². The molecule has 0 aliphatic carbocycles. The number of amides is 2. The fraction of sp³-hybridized carbons (Fsp3) is 0.118. The van der Waals surface area contributed by atoms with E-state index in [9.17, 15) is 18.4 Å². The summed E-state index contributed by atoms with van der Waals surface area (Å²) in [5.41, 5.74) is 0.553. The van der Waals surface area contributed by atoms with Gasteiger partial charge in [0.15, 0.2) is 5.17 Å². The van der Waals surface area contributed by atoms with Gasteiger partial charge in [0.1, 0.15) is 16.9 Å². The Hall–Kier alpha value is -2.74. The van der Waals surface area contributed by atoms with Crippen LogP contribution in [0.4, 0.5) is 20.2 Å². The number of halogens is 2. The van der Waals surface area contributed by atoms with Gasteiger partial charge in [-0.2, -0.15) is 0 Å². The van der Waals surface area contributed by atoms with Gasteiger partial charge in [0.25, 0.3) is 0 Å². The minimum Gasteiger partial charge on any atom is -0.324 e. The Morgan fingerprint density at radius 2 is 1.96 bits per heavy atom. The standard InChI is InChI=1S/C17H13F2N3O2S/c18-10-6-7-13(12(19)8-10)21-15(23)9-14-16(24)22-17(25-14)20-11-4-2-1-3-5-11/h1-8,14H,9H2,(H,21,23)(H,20,22,24)/t14-/m0/s1. The van der Waals surface area contributed by atoms with Crippen molar-refractivity contribution in [2.24, 2.45) is 4.99 Å². The summed E-state index contributed by atoms with van der Waals surface area (Å²) in [6, 6.07) is 11.9. The lowest BCUT2D eigenvalue weighted by Crippen LogP contribution is -2.28. The molecule has 2 amide bonds. The molecule has 0 unspecified atom stereocenters. The molecule has 0 radical (unpaired) electrons. The molecule has 1 aliphatic rings. The lowest BCUT2D eigenvalue weighted by Gasteiger charge is -2.08. The number of carbonyl (C=O) groups is 2. The quantitative estimate of drug-likeness (QED) is 0.878. The molecule has 1 fully saturated rings. The average molecular weight is 361 g/mol. The third-order valence-corrected chi connectivity index (χ3v) is 4.42. The third kappa shape index (κ3) is 4.42. The Morgan fingerprint density at radius 1 is 1.20 bits per heavy atom. The molecule has 1 aliphatic heterocycles. The Morgan fingerprint density at radius 3 is 2.68 bits per heavy atom. The molecular weight excluding hydrogens is 348 g/mol. The molecule has 0 saturated carbocycles. The predicted octanol–water partition coefficient (Wildman–Crippen LogP) is 3.21. The van der Waals surface area contributed by atoms with Crippen LogP contribution in [-0.4, -0.2) is 22.2 Å². The van der Waals surface area contributed by atoms with Crippen LogP contribution in [0.15, 0.2) is 53.5 Å². The molecule has 0 bridgehead atoms. The van der Waals surface area contributed by atoms with Crippen LogP contribution >= 0.6 is 11.8 Å². The Balaban J connectivity index is 1.62. The molecule has 25 heavy (non-hydrogen) atoms. The maximum absolute atomic E-state index is 13.5. The van der Waals surface area contributed by atoms with Crippen LogP contribution in [0.1, 0.15) is 6.42 Å². The summed E-state index contributed by atoms with van der Waals surface area (Å²) in [7, 11) is 0. The fourth-order valence-corrected chi connectivity index (χ4v) is 3.16. The first-order chi connectivity index (χ1) is 12.0. The van der Waals surface area contributed by atoms with Crippen LogP contribution < -0.4 is 10.6 Å². The molecule has 2 N–H and O–H groups in total. The van der Waals surface area contributed by atoms with E-state index in [1.54, 1.807) is 12.1 Å². The van der Waals surface area contributed by atoms with Crippen molar-refractivity contribution in [3.63, 3.8) is 0 Å². The van der Waals surface area contributed by atoms with E-state index in [1.165, 1.54) is 0 Å². The Labute approximate surface area is 146 Å². The minimum absolute atomic E-state index is 0.131. The van der Waals surface area contributed by atoms with E-state index >= 15 is 0 Å². The number of carbonyl (C=O) groups excluding carboxylic acids is 2. The van der Waals surface area contributed by atoms with Crippen molar-refractivity contribution >= 4 is 40.1 Å². The summed E-state index contributed by atoms with van der Waals surface area (Å²) in [5, 5.41) is 4.69. The fourth-order valence-electron chi connectivity index (χ4n) is 2.17. The molecule has 5 nitrogen and oxygen atoms in total. The summed E-state index contributed by atoms with van der Waals surface area (Å²) in [4.78, 5) is 28.3. The smallest absolute Gasteiger partial charge is 0.240 e. The molecule has 2 aromatic carbocycles. The van der Waals surface area contributed by atoms with Gasteiger partial charge in [-0.3, -0.25) is 9.59 Å². The molecule has 0 spiro atoms. The van der Waals surface area contributed by atoms with Crippen LogP contribution in [0.3, 0.4) is 0 Å². The van der Waals surface area contributed by atoms with Gasteiger partial charge in [-0.15, -0.1) is 0 Å². The molecule has 2 aromatic rings. The highest BCUT2D eigenvalue weighted by molar-refractivity contribution is 8.15. The molecule has 128 valence electrons. The van der Waals surface area contributed by atoms with Crippen molar-refractivity contribution in [3.8, 4) is 0 Å². The van der Waals surface area contributed by atoms with Gasteiger partial charge in [0.2, 0.25) is 11.8 Å². The molecule has 3 rings (SSSR count). The second-order valence-electron chi connectivity index (χ2n) is 5.22. The number of thioether (sulfide) groups is 1. The van der Waals surface area contributed by atoms with Gasteiger partial charge in [0.05, 0.1) is 11.4 Å². The van der Waals surface area contributed by atoms with Gasteiger partial charge >= 0.3 is 0 Å². The predicted molar refractivity (Wildman–Crippen MR) is 92.7 cm³/mol. The SMILES string of the molecule is O=C(C[C@@H]1SC(=Nc2ccccc2)NC1=O)Nc1ccc(F)cc1F. The first kappa shape index (κ1) is 17.1. The third-order valence-electron chi connectivity index (χ3n) is 3.34. The number of hydrogen-bond acceptors (Lipinski definition) is 4. The largest absolute Gasteiger partial charge is 0.324 e. The lowest BCUT2D eigenvalue weighted by molar-refractivity contribution is -0.122. The topological polar surface area (TPSA) is 70.6 Å². The molecule has 1 heterocycles. The second kappa shape index (κ2) is 7.43. The van der Waals surface area contributed by atoms with Crippen LogP contribution in [0.2, 0.25) is 0 Å². The zero-order chi connectivity index (χ0) is 17.8. The zero-order valence-electron chi connectivity index (χ0n) is 12.8. The second-order valence-corrected chi connectivity index (χ2v) is 6.42. The summed E-state index contributed by atoms with van der Waals surface area (Å²) < 4.78 is 26.4. The van der Waals surface area contributed by atoms with E-state index in [-0.39, 0.29) is 18.0 Å². The van der Waals surface area contributed by atoms with Gasteiger partial charge < -0.3 is 10.6 Å². The van der Waals surface area contributed by atoms with Gasteiger partial charge in [0, 0.05) is 12.5 Å². The van der Waals surface area contributed by atoms with Crippen molar-refractivity contribution < 1.29 is 18.4 Å². The number of aliphatic imine (C=N–C) groups is 1. The number of para-hydroxylation sites is 1. The first-order valence-electron chi connectivity index (χ1n) is 7.37. The van der Waals surface area contributed by atoms with Crippen molar-refractivity contribution in [1.82, 2.24) is 5.32 Å². The van der Waals surface area contributed by atoms with E-state index in [4.69, 9.17) is 0 Å². The maximum atomic E-state index is 13.5. The molecule has 1 saturated heterocycles. The molecule has 8 heteroatoms. The number of rotatable bonds is 4. The van der Waals surface area contributed by atoms with E-state index in [0.29, 0.717) is 16.9 Å². The van der Waals surface area contributed by atoms with E-state index in [0.717, 1.165) is 23.9 Å². The lowest BCUT2D eigenvalue weighted by atomic mass is 10.2. The monoisotopic (exact) mass is 361 g/mol. The molecule has 0 aromatic heterocycles. The van der Waals surface area contributed by atoms with Gasteiger partial charge in [-0.1, -0.05) is 30.0 Å². The number of benzene rings is 2. The molecular formula is C17H13F2N3O2S. The summed E-state index contributed by atoms with van der Waals surface area (Å²) in [6.45, 7) is 0. The highest BCUT2D eigenvalue weighted by Crippen LogP contribution is 2.25. The number of hydrogen-bond donors (Lipinski definition) is 2. The van der Waals surface area contributed by atoms with Crippen LogP contribution in [0.25, 0.3) is 0 Å². The van der Waals surface area contributed by atoms with Crippen LogP contribution in [0, 0.1) is 11.6 Å². The van der Waals surface area contributed by atoms with Gasteiger partial charge in [-0.05, 0) is 24.3 Å². The summed E-state index contributed by atoms with van der Waals surface area (Å²) in [5.74, 6) is -2.49. The molecule has 1 atom stereocenters. The highest BCUT2D eigenvalue weighted by atomic mass is 32.2. The van der Waals surface area contributed by atoms with E-state index in [2.05, 4.69) is 15.6 Å². The zero-order valence-corrected chi connectivity index (χ0v) is 13.6. The number of anilines is 1. The van der Waals surface area contributed by atoms with Crippen LogP contribution in [-0.2, 0) is 9.59 Å². The van der Waals surface area contributed by atoms with Crippen molar-refractivity contribution in [1.29, 1.82) is 0 Å². The summed E-state index contributed by atoms with van der Waals surface area (Å²) >= 11 is 1.13. The van der Waals surface area contributed by atoms with Crippen LogP contribution in [0.5, 0.6) is 0 Å². The normalized spacial score (nSPS) is 18.2. The average Bonchev–Trinajstić information content (AvgIpc) is 2.90. The van der Waals surface area contributed by atoms with Crippen molar-refractivity contribution in [2.75, 3.05) is 5.32 Å². The van der Waals surface area contributed by atoms with E-state index < -0.39 is 22.8 Å². The first-order valence-corrected chi connectivity index (χ1v) is 8.25. The number of nitrogens with one attached hydrogen (secondary N) is 2. The van der Waals surface area contributed by atoms with E-state index in [1.807, 2.05) is 18.2 Å². The Kier molecular flexibility index (Phi) is 5.08. The number of nitrogens with zero attached hydrogens (tertiary/aromatic N) is 1. The number of amidine groups is 1. The minimum atomic E-state index is -0.872. The van der Waals surface area contributed by atoms with Gasteiger partial charge in [-0.25, -0.2) is 13.8 Å². The maximum Gasteiger partial charge on any atom is 0.240 e.